The summed E-state index contributed by atoms with van der Waals surface area (Å²) in [7, 11) is 0. The number of rotatable bonds is 6. The highest BCUT2D eigenvalue weighted by Gasteiger charge is 2.15. The van der Waals surface area contributed by atoms with Crippen molar-refractivity contribution in [1.82, 2.24) is 5.32 Å². The number of aliphatic hydroxyl groups is 2. The third kappa shape index (κ3) is 3.83. The van der Waals surface area contributed by atoms with Gasteiger partial charge in [-0.15, -0.1) is 0 Å². The molecule has 1 aromatic rings. The van der Waals surface area contributed by atoms with Crippen molar-refractivity contribution in [2.45, 2.75) is 25.6 Å². The lowest BCUT2D eigenvalue weighted by molar-refractivity contribution is 0.142. The maximum Gasteiger partial charge on any atom is 0.161 e. The first-order chi connectivity index (χ1) is 9.20. The molecule has 0 spiro atoms. The molecular formula is C14H21NO4. The minimum atomic E-state index is -0.625. The van der Waals surface area contributed by atoms with E-state index in [-0.39, 0.29) is 6.10 Å². The molecule has 1 aliphatic rings. The van der Waals surface area contributed by atoms with Crippen LogP contribution < -0.4 is 14.8 Å². The maximum absolute atomic E-state index is 10.1. The van der Waals surface area contributed by atoms with Gasteiger partial charge < -0.3 is 25.0 Å². The van der Waals surface area contributed by atoms with Crippen LogP contribution in [-0.4, -0.2) is 42.6 Å². The van der Waals surface area contributed by atoms with Gasteiger partial charge in [0, 0.05) is 13.1 Å². The molecule has 0 radical (unpaired) electrons. The van der Waals surface area contributed by atoms with E-state index in [1.54, 1.807) is 6.07 Å². The van der Waals surface area contributed by atoms with Crippen LogP contribution in [0.3, 0.4) is 0 Å². The Morgan fingerprint density at radius 3 is 2.63 bits per heavy atom. The molecule has 1 aliphatic heterocycles. The largest absolute Gasteiger partial charge is 0.486 e. The molecule has 2 rings (SSSR count). The van der Waals surface area contributed by atoms with Crippen molar-refractivity contribution in [1.29, 1.82) is 0 Å². The SMILES string of the molecule is CCC(O)CNCC(O)c1ccc2c(c1)OCCO2. The zero-order chi connectivity index (χ0) is 13.7. The monoisotopic (exact) mass is 267 g/mol. The second-order valence-electron chi connectivity index (χ2n) is 4.64. The molecule has 0 aliphatic carbocycles. The Hall–Kier alpha value is -1.30. The first-order valence-electron chi connectivity index (χ1n) is 6.67. The number of ether oxygens (including phenoxy) is 2. The van der Waals surface area contributed by atoms with Crippen molar-refractivity contribution in [3.05, 3.63) is 23.8 Å². The Balaban J connectivity index is 1.90. The van der Waals surface area contributed by atoms with Crippen LogP contribution in [0.2, 0.25) is 0 Å². The fourth-order valence-electron chi connectivity index (χ4n) is 1.92. The lowest BCUT2D eigenvalue weighted by Gasteiger charge is -2.20. The molecule has 2 unspecified atom stereocenters. The number of aliphatic hydroxyl groups excluding tert-OH is 2. The van der Waals surface area contributed by atoms with E-state index in [0.717, 1.165) is 11.3 Å². The average molecular weight is 267 g/mol. The van der Waals surface area contributed by atoms with Crippen molar-refractivity contribution < 1.29 is 19.7 Å². The molecule has 0 aromatic heterocycles. The van der Waals surface area contributed by atoms with E-state index < -0.39 is 6.10 Å². The van der Waals surface area contributed by atoms with E-state index in [4.69, 9.17) is 9.47 Å². The second-order valence-corrected chi connectivity index (χ2v) is 4.64. The van der Waals surface area contributed by atoms with Crippen molar-refractivity contribution in [3.63, 3.8) is 0 Å². The van der Waals surface area contributed by atoms with Gasteiger partial charge in [-0.3, -0.25) is 0 Å². The lowest BCUT2D eigenvalue weighted by Crippen LogP contribution is -2.29. The number of hydrogen-bond donors (Lipinski definition) is 3. The third-order valence-electron chi connectivity index (χ3n) is 3.14. The predicted octanol–water partition coefficient (Wildman–Crippen LogP) is 0.852. The summed E-state index contributed by atoms with van der Waals surface area (Å²) < 4.78 is 10.9. The molecule has 1 aromatic carbocycles. The van der Waals surface area contributed by atoms with E-state index in [1.165, 1.54) is 0 Å². The van der Waals surface area contributed by atoms with Gasteiger partial charge in [0.2, 0.25) is 0 Å². The van der Waals surface area contributed by atoms with Crippen LogP contribution in [0.1, 0.15) is 25.0 Å². The average Bonchev–Trinajstić information content (AvgIpc) is 2.46. The third-order valence-corrected chi connectivity index (χ3v) is 3.14. The van der Waals surface area contributed by atoms with Crippen LogP contribution in [-0.2, 0) is 0 Å². The van der Waals surface area contributed by atoms with Crippen LogP contribution >= 0.6 is 0 Å². The molecule has 2 atom stereocenters. The highest BCUT2D eigenvalue weighted by molar-refractivity contribution is 5.44. The van der Waals surface area contributed by atoms with Gasteiger partial charge in [0.1, 0.15) is 13.2 Å². The first-order valence-corrected chi connectivity index (χ1v) is 6.67. The molecule has 3 N–H and O–H groups in total. The van der Waals surface area contributed by atoms with Gasteiger partial charge in [0.25, 0.3) is 0 Å². The van der Waals surface area contributed by atoms with Crippen molar-refractivity contribution >= 4 is 0 Å². The zero-order valence-corrected chi connectivity index (χ0v) is 11.1. The van der Waals surface area contributed by atoms with E-state index in [2.05, 4.69) is 5.32 Å². The van der Waals surface area contributed by atoms with Crippen LogP contribution in [0, 0.1) is 0 Å². The summed E-state index contributed by atoms with van der Waals surface area (Å²) in [6.07, 6.45) is -0.292. The van der Waals surface area contributed by atoms with E-state index in [0.29, 0.717) is 38.5 Å². The van der Waals surface area contributed by atoms with Crippen LogP contribution in [0.15, 0.2) is 18.2 Å². The summed E-state index contributed by atoms with van der Waals surface area (Å²) in [5, 5.41) is 22.5. The molecule has 0 saturated carbocycles. The molecule has 19 heavy (non-hydrogen) atoms. The minimum Gasteiger partial charge on any atom is -0.486 e. The molecule has 0 saturated heterocycles. The minimum absolute atomic E-state index is 0.368. The van der Waals surface area contributed by atoms with Crippen LogP contribution in [0.4, 0.5) is 0 Å². The quantitative estimate of drug-likeness (QED) is 0.713. The summed E-state index contributed by atoms with van der Waals surface area (Å²) in [6, 6.07) is 5.45. The number of fused-ring (bicyclic) bond motifs is 1. The number of hydrogen-bond acceptors (Lipinski definition) is 5. The maximum atomic E-state index is 10.1. The molecule has 0 amide bonds. The van der Waals surface area contributed by atoms with Crippen LogP contribution in [0.25, 0.3) is 0 Å². The fourth-order valence-corrected chi connectivity index (χ4v) is 1.92. The molecule has 1 heterocycles. The lowest BCUT2D eigenvalue weighted by atomic mass is 10.1. The van der Waals surface area contributed by atoms with Gasteiger partial charge >= 0.3 is 0 Å². The van der Waals surface area contributed by atoms with E-state index >= 15 is 0 Å². The Labute approximate surface area is 113 Å². The van der Waals surface area contributed by atoms with Crippen molar-refractivity contribution in [3.8, 4) is 11.5 Å². The standard InChI is InChI=1S/C14H21NO4/c1-2-11(16)8-15-9-12(17)10-3-4-13-14(7-10)19-6-5-18-13/h3-4,7,11-12,15-17H,2,5-6,8-9H2,1H3. The van der Waals surface area contributed by atoms with Crippen LogP contribution in [0.5, 0.6) is 11.5 Å². The van der Waals surface area contributed by atoms with Crippen molar-refractivity contribution in [2.24, 2.45) is 0 Å². The smallest absolute Gasteiger partial charge is 0.161 e. The second kappa shape index (κ2) is 6.75. The molecule has 5 nitrogen and oxygen atoms in total. The molecule has 0 fully saturated rings. The highest BCUT2D eigenvalue weighted by Crippen LogP contribution is 2.32. The molecule has 106 valence electrons. The van der Waals surface area contributed by atoms with Gasteiger partial charge in [-0.25, -0.2) is 0 Å². The Bertz CT molecular complexity index is 410. The van der Waals surface area contributed by atoms with Gasteiger partial charge in [-0.05, 0) is 24.1 Å². The van der Waals surface area contributed by atoms with Gasteiger partial charge in [-0.1, -0.05) is 13.0 Å². The van der Waals surface area contributed by atoms with Gasteiger partial charge in [0.05, 0.1) is 12.2 Å². The number of nitrogens with one attached hydrogen (secondary N) is 1. The summed E-state index contributed by atoms with van der Waals surface area (Å²) in [6.45, 7) is 3.90. The zero-order valence-electron chi connectivity index (χ0n) is 11.1. The summed E-state index contributed by atoms with van der Waals surface area (Å²) in [5.74, 6) is 1.40. The summed E-state index contributed by atoms with van der Waals surface area (Å²) in [4.78, 5) is 0. The van der Waals surface area contributed by atoms with Gasteiger partial charge in [-0.2, -0.15) is 0 Å². The van der Waals surface area contributed by atoms with E-state index in [1.807, 2.05) is 19.1 Å². The number of benzene rings is 1. The Morgan fingerprint density at radius 2 is 1.89 bits per heavy atom. The van der Waals surface area contributed by atoms with Crippen molar-refractivity contribution in [2.75, 3.05) is 26.3 Å². The normalized spacial score (nSPS) is 17.0. The molecule has 5 heteroatoms. The predicted molar refractivity (Wildman–Crippen MR) is 71.6 cm³/mol. The van der Waals surface area contributed by atoms with Gasteiger partial charge in [0.15, 0.2) is 11.5 Å². The van der Waals surface area contributed by atoms with E-state index in [9.17, 15) is 10.2 Å². The summed E-state index contributed by atoms with van der Waals surface area (Å²) >= 11 is 0. The summed E-state index contributed by atoms with van der Waals surface area (Å²) in [5.41, 5.74) is 0.780. The molecular weight excluding hydrogens is 246 g/mol. The fraction of sp³-hybridized carbons (Fsp3) is 0.571. The Kier molecular flexibility index (Phi) is 5.01. The highest BCUT2D eigenvalue weighted by atomic mass is 16.6. The Morgan fingerprint density at radius 1 is 1.16 bits per heavy atom. The molecule has 0 bridgehead atoms. The first kappa shape index (κ1) is 14.1. The topological polar surface area (TPSA) is 71.0 Å².